The fraction of sp³-hybridized carbons (Fsp3) is 0.471. The summed E-state index contributed by atoms with van der Waals surface area (Å²) < 4.78 is 5.67. The molecule has 1 aromatic heterocycles. The maximum Gasteiger partial charge on any atom is 0.119 e. The van der Waals surface area contributed by atoms with Gasteiger partial charge in [-0.2, -0.15) is 0 Å². The molecule has 0 fully saturated rings. The number of rotatable bonds is 7. The molecule has 0 bridgehead atoms. The summed E-state index contributed by atoms with van der Waals surface area (Å²) in [5, 5.41) is 1.11. The molecule has 0 amide bonds. The topological polar surface area (TPSA) is 48.1 Å². The first kappa shape index (κ1) is 16.0. The van der Waals surface area contributed by atoms with Crippen molar-refractivity contribution in [1.82, 2.24) is 4.98 Å². The number of hydrogen-bond acceptors (Lipinski definition) is 4. The molecule has 4 heteroatoms. The Bertz CT molecular complexity index is 543. The second kappa shape index (κ2) is 7.57. The molecule has 0 saturated carbocycles. The van der Waals surface area contributed by atoms with Gasteiger partial charge >= 0.3 is 0 Å². The molecular formula is C17H24N2OS. The second-order valence-electron chi connectivity index (χ2n) is 5.33. The number of thiazole rings is 1. The fourth-order valence-electron chi connectivity index (χ4n) is 2.08. The quantitative estimate of drug-likeness (QED) is 0.781. The van der Waals surface area contributed by atoms with Gasteiger partial charge in [0.2, 0.25) is 0 Å². The molecule has 114 valence electrons. The molecule has 0 spiro atoms. The zero-order valence-corrected chi connectivity index (χ0v) is 13.9. The molecule has 1 heterocycles. The van der Waals surface area contributed by atoms with E-state index >= 15 is 0 Å². The van der Waals surface area contributed by atoms with Crippen LogP contribution in [0.15, 0.2) is 24.3 Å². The number of ether oxygens (including phenoxy) is 1. The third-order valence-electron chi connectivity index (χ3n) is 3.54. The summed E-state index contributed by atoms with van der Waals surface area (Å²) in [4.78, 5) is 5.83. The van der Waals surface area contributed by atoms with Crippen LogP contribution in [0.5, 0.6) is 5.75 Å². The first-order chi connectivity index (χ1) is 10.1. The SMILES string of the molecule is CCCCOc1ccc(C(N)Cc2nc(C)c(C)s2)cc1. The molecule has 3 nitrogen and oxygen atoms in total. The maximum absolute atomic E-state index is 6.28. The van der Waals surface area contributed by atoms with Crippen molar-refractivity contribution in [2.24, 2.45) is 5.73 Å². The largest absolute Gasteiger partial charge is 0.494 e. The monoisotopic (exact) mass is 304 g/mol. The van der Waals surface area contributed by atoms with Crippen LogP contribution >= 0.6 is 11.3 Å². The number of hydrogen-bond donors (Lipinski definition) is 1. The molecular weight excluding hydrogens is 280 g/mol. The van der Waals surface area contributed by atoms with Gasteiger partial charge in [-0.25, -0.2) is 4.98 Å². The lowest BCUT2D eigenvalue weighted by Crippen LogP contribution is -2.13. The van der Waals surface area contributed by atoms with Crippen LogP contribution in [0.25, 0.3) is 0 Å². The average Bonchev–Trinajstić information content (AvgIpc) is 2.78. The molecule has 2 aromatic rings. The summed E-state index contributed by atoms with van der Waals surface area (Å²) in [5.41, 5.74) is 8.52. The van der Waals surface area contributed by atoms with Crippen molar-refractivity contribution in [3.05, 3.63) is 45.4 Å². The Morgan fingerprint density at radius 3 is 2.52 bits per heavy atom. The summed E-state index contributed by atoms with van der Waals surface area (Å²) in [5.74, 6) is 0.917. The van der Waals surface area contributed by atoms with E-state index in [-0.39, 0.29) is 6.04 Å². The Labute approximate surface area is 131 Å². The highest BCUT2D eigenvalue weighted by atomic mass is 32.1. The summed E-state index contributed by atoms with van der Waals surface area (Å²) in [6, 6.07) is 8.10. The van der Waals surface area contributed by atoms with E-state index < -0.39 is 0 Å². The van der Waals surface area contributed by atoms with Gasteiger partial charge in [0, 0.05) is 17.3 Å². The number of unbranched alkanes of at least 4 members (excludes halogenated alkanes) is 1. The molecule has 21 heavy (non-hydrogen) atoms. The van der Waals surface area contributed by atoms with Gasteiger partial charge in [-0.05, 0) is 38.0 Å². The first-order valence-corrected chi connectivity index (χ1v) is 8.33. The normalized spacial score (nSPS) is 12.4. The molecule has 0 aliphatic rings. The Kier molecular flexibility index (Phi) is 5.76. The third kappa shape index (κ3) is 4.55. The summed E-state index contributed by atoms with van der Waals surface area (Å²) in [7, 11) is 0. The maximum atomic E-state index is 6.28. The van der Waals surface area contributed by atoms with Crippen LogP contribution < -0.4 is 10.5 Å². The van der Waals surface area contributed by atoms with Crippen molar-refractivity contribution < 1.29 is 4.74 Å². The smallest absolute Gasteiger partial charge is 0.119 e. The lowest BCUT2D eigenvalue weighted by molar-refractivity contribution is 0.309. The van der Waals surface area contributed by atoms with E-state index in [4.69, 9.17) is 10.5 Å². The third-order valence-corrected chi connectivity index (χ3v) is 4.64. The first-order valence-electron chi connectivity index (χ1n) is 7.51. The summed E-state index contributed by atoms with van der Waals surface area (Å²) in [6.45, 7) is 7.08. The van der Waals surface area contributed by atoms with Crippen LogP contribution in [0.1, 0.15) is 46.9 Å². The van der Waals surface area contributed by atoms with E-state index in [1.54, 1.807) is 11.3 Å². The Morgan fingerprint density at radius 1 is 1.24 bits per heavy atom. The van der Waals surface area contributed by atoms with Gasteiger partial charge in [0.25, 0.3) is 0 Å². The summed E-state index contributed by atoms with van der Waals surface area (Å²) >= 11 is 1.74. The second-order valence-corrected chi connectivity index (χ2v) is 6.62. The van der Waals surface area contributed by atoms with Crippen molar-refractivity contribution in [3.63, 3.8) is 0 Å². The van der Waals surface area contributed by atoms with Gasteiger partial charge in [0.1, 0.15) is 5.75 Å². The van der Waals surface area contributed by atoms with Gasteiger partial charge in [-0.1, -0.05) is 25.5 Å². The molecule has 0 aliphatic carbocycles. The van der Waals surface area contributed by atoms with Gasteiger partial charge in [-0.15, -0.1) is 11.3 Å². The van der Waals surface area contributed by atoms with E-state index in [1.165, 1.54) is 4.88 Å². The molecule has 0 radical (unpaired) electrons. The van der Waals surface area contributed by atoms with Gasteiger partial charge in [-0.3, -0.25) is 0 Å². The molecule has 2 rings (SSSR count). The number of benzene rings is 1. The van der Waals surface area contributed by atoms with E-state index in [2.05, 4.69) is 31.0 Å². The van der Waals surface area contributed by atoms with E-state index in [9.17, 15) is 0 Å². The van der Waals surface area contributed by atoms with E-state index in [1.807, 2.05) is 19.1 Å². The average molecular weight is 304 g/mol. The lowest BCUT2D eigenvalue weighted by Gasteiger charge is -2.11. The highest BCUT2D eigenvalue weighted by molar-refractivity contribution is 7.11. The highest BCUT2D eigenvalue weighted by Gasteiger charge is 2.11. The van der Waals surface area contributed by atoms with Gasteiger partial charge in [0.05, 0.1) is 17.3 Å². The van der Waals surface area contributed by atoms with Crippen LogP contribution in [-0.2, 0) is 6.42 Å². The Morgan fingerprint density at radius 2 is 1.95 bits per heavy atom. The van der Waals surface area contributed by atoms with E-state index in [0.717, 1.165) is 47.9 Å². The van der Waals surface area contributed by atoms with E-state index in [0.29, 0.717) is 0 Å². The van der Waals surface area contributed by atoms with Gasteiger partial charge in [0.15, 0.2) is 0 Å². The molecule has 0 saturated heterocycles. The molecule has 1 unspecified atom stereocenters. The molecule has 1 atom stereocenters. The number of nitrogens with zero attached hydrogens (tertiary/aromatic N) is 1. The van der Waals surface area contributed by atoms with Gasteiger partial charge < -0.3 is 10.5 Å². The van der Waals surface area contributed by atoms with Crippen molar-refractivity contribution in [1.29, 1.82) is 0 Å². The standard InChI is InChI=1S/C17H24N2OS/c1-4-5-10-20-15-8-6-14(7-9-15)16(18)11-17-19-12(2)13(3)21-17/h6-9,16H,4-5,10-11,18H2,1-3H3. The summed E-state index contributed by atoms with van der Waals surface area (Å²) in [6.07, 6.45) is 3.02. The fourth-order valence-corrected chi connectivity index (χ4v) is 3.07. The van der Waals surface area contributed by atoms with Crippen molar-refractivity contribution >= 4 is 11.3 Å². The Hall–Kier alpha value is -1.39. The number of aryl methyl sites for hydroxylation is 2. The molecule has 2 N–H and O–H groups in total. The zero-order chi connectivity index (χ0) is 15.2. The van der Waals surface area contributed by atoms with Crippen molar-refractivity contribution in [3.8, 4) is 5.75 Å². The van der Waals surface area contributed by atoms with Crippen molar-refractivity contribution in [2.75, 3.05) is 6.61 Å². The zero-order valence-electron chi connectivity index (χ0n) is 13.1. The van der Waals surface area contributed by atoms with Crippen LogP contribution in [0, 0.1) is 13.8 Å². The predicted molar refractivity (Wildman–Crippen MR) is 89.1 cm³/mol. The lowest BCUT2D eigenvalue weighted by atomic mass is 10.1. The molecule has 1 aromatic carbocycles. The highest BCUT2D eigenvalue weighted by Crippen LogP contribution is 2.23. The molecule has 0 aliphatic heterocycles. The minimum absolute atomic E-state index is 0.0142. The Balaban J connectivity index is 1.94. The number of nitrogens with two attached hydrogens (primary N) is 1. The minimum Gasteiger partial charge on any atom is -0.494 e. The number of aromatic nitrogens is 1. The van der Waals surface area contributed by atoms with Crippen LogP contribution in [0.4, 0.5) is 0 Å². The van der Waals surface area contributed by atoms with Crippen LogP contribution in [0.2, 0.25) is 0 Å². The van der Waals surface area contributed by atoms with Crippen molar-refractivity contribution in [2.45, 2.75) is 46.1 Å². The van der Waals surface area contributed by atoms with Crippen LogP contribution in [-0.4, -0.2) is 11.6 Å². The van der Waals surface area contributed by atoms with Crippen LogP contribution in [0.3, 0.4) is 0 Å². The predicted octanol–water partition coefficient (Wildman–Crippen LogP) is 4.18. The minimum atomic E-state index is -0.0142.